The highest BCUT2D eigenvalue weighted by Crippen LogP contribution is 2.24. The van der Waals surface area contributed by atoms with Gasteiger partial charge < -0.3 is 0 Å². The summed E-state index contributed by atoms with van der Waals surface area (Å²) < 4.78 is 0.892. The number of halogens is 1. The van der Waals surface area contributed by atoms with Gasteiger partial charge in [-0.2, -0.15) is 0 Å². The number of hydrogen-bond acceptors (Lipinski definition) is 3. The maximum atomic E-state index is 12.3. The zero-order valence-corrected chi connectivity index (χ0v) is 15.3. The Morgan fingerprint density at radius 3 is 2.52 bits per heavy atom. The fraction of sp³-hybridized carbons (Fsp3) is 0.211. The summed E-state index contributed by atoms with van der Waals surface area (Å²) in [6.07, 6.45) is 1.23. The Morgan fingerprint density at radius 1 is 1.20 bits per heavy atom. The number of amides is 2. The summed E-state index contributed by atoms with van der Waals surface area (Å²) in [4.78, 5) is 28.8. The van der Waals surface area contributed by atoms with Gasteiger partial charge in [-0.3, -0.25) is 20.2 Å². The quantitative estimate of drug-likeness (QED) is 0.830. The molecule has 0 radical (unpaired) electrons. The number of hydrogen-bond donors (Lipinski definition) is 2. The normalized spacial score (nSPS) is 16.8. The van der Waals surface area contributed by atoms with Gasteiger partial charge in [-0.05, 0) is 41.8 Å². The Bertz CT molecular complexity index is 814. The van der Waals surface area contributed by atoms with Crippen LogP contribution in [0.3, 0.4) is 0 Å². The average Bonchev–Trinajstić information content (AvgIpc) is 2.62. The summed E-state index contributed by atoms with van der Waals surface area (Å²) in [7, 11) is 0. The van der Waals surface area contributed by atoms with E-state index in [9.17, 15) is 9.59 Å². The topological polar surface area (TPSA) is 70.6 Å². The maximum absolute atomic E-state index is 12.3. The van der Waals surface area contributed by atoms with Gasteiger partial charge in [0.1, 0.15) is 0 Å². The van der Waals surface area contributed by atoms with Gasteiger partial charge in [0.15, 0.2) is 0 Å². The van der Waals surface area contributed by atoms with E-state index in [0.717, 1.165) is 16.5 Å². The molecule has 1 aliphatic rings. The van der Waals surface area contributed by atoms with E-state index in [-0.39, 0.29) is 30.2 Å². The number of rotatable bonds is 3. The first kappa shape index (κ1) is 17.4. The van der Waals surface area contributed by atoms with Crippen molar-refractivity contribution < 1.29 is 9.59 Å². The molecule has 6 heteroatoms. The molecule has 0 bridgehead atoms. The molecule has 1 aliphatic heterocycles. The van der Waals surface area contributed by atoms with E-state index in [1.54, 1.807) is 24.3 Å². The van der Waals surface area contributed by atoms with Crippen molar-refractivity contribution in [3.63, 3.8) is 0 Å². The molecular weight excluding hydrogens is 382 g/mol. The van der Waals surface area contributed by atoms with Gasteiger partial charge in [-0.15, -0.1) is 0 Å². The monoisotopic (exact) mass is 399 g/mol. The molecular formula is C19H18BrN3O2. The fourth-order valence-corrected chi connectivity index (χ4v) is 2.87. The molecule has 5 nitrogen and oxygen atoms in total. The number of carbonyl (C=O) groups excluding carboxylic acids is 2. The molecule has 0 aliphatic carbocycles. The van der Waals surface area contributed by atoms with Crippen molar-refractivity contribution in [2.45, 2.75) is 25.8 Å². The predicted octanol–water partition coefficient (Wildman–Crippen LogP) is 3.36. The third-order valence-electron chi connectivity index (χ3n) is 4.03. The third-order valence-corrected chi connectivity index (χ3v) is 4.56. The molecule has 1 heterocycles. The molecule has 0 spiro atoms. The van der Waals surface area contributed by atoms with Crippen molar-refractivity contribution in [1.29, 1.82) is 0 Å². The van der Waals surface area contributed by atoms with Crippen LogP contribution in [0.5, 0.6) is 0 Å². The first-order valence-corrected chi connectivity index (χ1v) is 8.88. The molecule has 25 heavy (non-hydrogen) atoms. The first-order chi connectivity index (χ1) is 12.0. The summed E-state index contributed by atoms with van der Waals surface area (Å²) in [5.41, 5.74) is 2.69. The van der Waals surface area contributed by atoms with Crippen LogP contribution in [0.4, 0.5) is 0 Å². The van der Waals surface area contributed by atoms with Crippen LogP contribution in [-0.2, 0) is 11.2 Å². The minimum absolute atomic E-state index is 0.161. The van der Waals surface area contributed by atoms with Crippen LogP contribution in [0.1, 0.15) is 40.9 Å². The van der Waals surface area contributed by atoms with Gasteiger partial charge in [0.2, 0.25) is 11.9 Å². The van der Waals surface area contributed by atoms with Crippen molar-refractivity contribution in [3.05, 3.63) is 69.7 Å². The second-order valence-electron chi connectivity index (χ2n) is 5.80. The zero-order valence-electron chi connectivity index (χ0n) is 13.8. The first-order valence-electron chi connectivity index (χ1n) is 8.08. The van der Waals surface area contributed by atoms with Gasteiger partial charge in [-0.25, -0.2) is 4.99 Å². The molecule has 2 aromatic carbocycles. The SMILES string of the molecule is CCc1ccc([C@@H]2CC(=O)NC(NC(=O)c3ccc(Br)cc3)=N2)cc1. The Balaban J connectivity index is 1.77. The lowest BCUT2D eigenvalue weighted by Crippen LogP contribution is -2.47. The molecule has 0 fully saturated rings. The number of guanidine groups is 1. The van der Waals surface area contributed by atoms with Crippen LogP contribution in [0.15, 0.2) is 58.0 Å². The second-order valence-corrected chi connectivity index (χ2v) is 6.72. The van der Waals surface area contributed by atoms with E-state index >= 15 is 0 Å². The molecule has 1 atom stereocenters. The van der Waals surface area contributed by atoms with Crippen LogP contribution in [0, 0.1) is 0 Å². The van der Waals surface area contributed by atoms with Crippen molar-refractivity contribution >= 4 is 33.7 Å². The molecule has 3 rings (SSSR count). The highest BCUT2D eigenvalue weighted by Gasteiger charge is 2.23. The van der Waals surface area contributed by atoms with Gasteiger partial charge in [0, 0.05) is 10.0 Å². The molecule has 128 valence electrons. The van der Waals surface area contributed by atoms with Gasteiger partial charge in [-0.1, -0.05) is 47.1 Å². The van der Waals surface area contributed by atoms with E-state index in [1.165, 1.54) is 5.56 Å². The summed E-state index contributed by atoms with van der Waals surface area (Å²) in [5, 5.41) is 5.29. The van der Waals surface area contributed by atoms with Gasteiger partial charge in [0.25, 0.3) is 5.91 Å². The van der Waals surface area contributed by atoms with Gasteiger partial charge >= 0.3 is 0 Å². The van der Waals surface area contributed by atoms with Crippen LogP contribution in [0.25, 0.3) is 0 Å². The highest BCUT2D eigenvalue weighted by atomic mass is 79.9. The largest absolute Gasteiger partial charge is 0.296 e. The predicted molar refractivity (Wildman–Crippen MR) is 100 cm³/mol. The Morgan fingerprint density at radius 2 is 1.88 bits per heavy atom. The van der Waals surface area contributed by atoms with Crippen molar-refractivity contribution in [2.24, 2.45) is 4.99 Å². The summed E-state index contributed by atoms with van der Waals surface area (Å²) >= 11 is 3.33. The standard InChI is InChI=1S/C19H18BrN3O2/c1-2-12-3-5-13(6-4-12)16-11-17(24)22-19(21-16)23-18(25)14-7-9-15(20)10-8-14/h3-10,16H,2,11H2,1H3,(H2,21,22,23,24,25)/t16-/m0/s1. The number of carbonyl (C=O) groups is 2. The average molecular weight is 400 g/mol. The lowest BCUT2D eigenvalue weighted by Gasteiger charge is -2.21. The van der Waals surface area contributed by atoms with E-state index in [2.05, 4.69) is 38.5 Å². The smallest absolute Gasteiger partial charge is 0.257 e. The van der Waals surface area contributed by atoms with E-state index < -0.39 is 0 Å². The van der Waals surface area contributed by atoms with E-state index in [1.807, 2.05) is 24.3 Å². The molecule has 2 amide bonds. The van der Waals surface area contributed by atoms with Crippen LogP contribution < -0.4 is 10.6 Å². The summed E-state index contributed by atoms with van der Waals surface area (Å²) in [6.45, 7) is 2.09. The third kappa shape index (κ3) is 4.33. The molecule has 0 saturated heterocycles. The van der Waals surface area contributed by atoms with Crippen LogP contribution >= 0.6 is 15.9 Å². The summed E-state index contributed by atoms with van der Waals surface area (Å²) in [6, 6.07) is 14.7. The lowest BCUT2D eigenvalue weighted by molar-refractivity contribution is -0.120. The number of nitrogens with zero attached hydrogens (tertiary/aromatic N) is 1. The Hall–Kier alpha value is -2.47. The van der Waals surface area contributed by atoms with Crippen molar-refractivity contribution in [2.75, 3.05) is 0 Å². The van der Waals surface area contributed by atoms with Crippen molar-refractivity contribution in [3.8, 4) is 0 Å². The number of aryl methyl sites for hydroxylation is 1. The van der Waals surface area contributed by atoms with E-state index in [0.29, 0.717) is 5.56 Å². The van der Waals surface area contributed by atoms with Crippen LogP contribution in [-0.4, -0.2) is 17.8 Å². The molecule has 0 unspecified atom stereocenters. The fourth-order valence-electron chi connectivity index (χ4n) is 2.60. The molecule has 2 aromatic rings. The second kappa shape index (κ2) is 7.61. The molecule has 0 saturated carbocycles. The minimum atomic E-state index is -0.312. The Labute approximate surface area is 154 Å². The molecule has 0 aromatic heterocycles. The number of benzene rings is 2. The lowest BCUT2D eigenvalue weighted by atomic mass is 10.0. The highest BCUT2D eigenvalue weighted by molar-refractivity contribution is 9.10. The maximum Gasteiger partial charge on any atom is 0.257 e. The van der Waals surface area contributed by atoms with Crippen LogP contribution in [0.2, 0.25) is 0 Å². The van der Waals surface area contributed by atoms with E-state index in [4.69, 9.17) is 0 Å². The summed E-state index contributed by atoms with van der Waals surface area (Å²) in [5.74, 6) is -0.284. The number of nitrogens with one attached hydrogen (secondary N) is 2. The minimum Gasteiger partial charge on any atom is -0.296 e. The van der Waals surface area contributed by atoms with Gasteiger partial charge in [0.05, 0.1) is 12.5 Å². The van der Waals surface area contributed by atoms with Crippen molar-refractivity contribution in [1.82, 2.24) is 10.6 Å². The zero-order chi connectivity index (χ0) is 17.8. The Kier molecular flexibility index (Phi) is 5.28. The molecule has 2 N–H and O–H groups in total. The number of aliphatic imine (C=N–C) groups is 1.